The molecule has 8 nitrogen and oxygen atoms in total. The molecule has 2 N–H and O–H groups in total. The zero-order valence-corrected chi connectivity index (χ0v) is 56.2. The molecule has 0 saturated carbocycles. The molecule has 3 atom stereocenters. The molecule has 0 rings (SSSR count). The summed E-state index contributed by atoms with van der Waals surface area (Å²) < 4.78 is 23.5. The van der Waals surface area contributed by atoms with Gasteiger partial charge in [-0.1, -0.05) is 353 Å². The maximum atomic E-state index is 13.1. The Hall–Kier alpha value is -1.02. The Kier molecular flexibility index (Phi) is 62.7. The molecule has 1 amide bonds. The maximum Gasteiger partial charge on any atom is 0.268 e. The van der Waals surface area contributed by atoms with Crippen molar-refractivity contribution in [2.24, 2.45) is 0 Å². The third-order valence-corrected chi connectivity index (χ3v) is 17.9. The summed E-state index contributed by atoms with van der Waals surface area (Å²) >= 11 is 0. The highest BCUT2D eigenvalue weighted by atomic mass is 31.2. The minimum Gasteiger partial charge on any atom is -0.756 e. The molecular weight excluding hydrogens is 1020 g/mol. The monoisotopic (exact) mass is 1160 g/mol. The smallest absolute Gasteiger partial charge is 0.268 e. The van der Waals surface area contributed by atoms with Crippen molar-refractivity contribution >= 4 is 13.7 Å². The topological polar surface area (TPSA) is 108 Å². The van der Waals surface area contributed by atoms with E-state index in [-0.39, 0.29) is 19.1 Å². The van der Waals surface area contributed by atoms with Gasteiger partial charge in [-0.3, -0.25) is 9.36 Å². The molecule has 0 radical (unpaired) electrons. The van der Waals surface area contributed by atoms with E-state index in [1.54, 1.807) is 0 Å². The summed E-state index contributed by atoms with van der Waals surface area (Å²) in [6, 6.07) is -0.800. The Balaban J connectivity index is 3.94. The second-order valence-electron chi connectivity index (χ2n) is 26.3. The number of quaternary nitrogens is 1. The number of hydrogen-bond donors (Lipinski definition) is 2. The number of hydrogen-bond acceptors (Lipinski definition) is 6. The number of likely N-dealkylation sites (N-methyl/N-ethyl adjacent to an activating group) is 1. The highest BCUT2D eigenvalue weighted by Crippen LogP contribution is 2.38. The normalized spacial score (nSPS) is 13.7. The molecule has 482 valence electrons. The number of nitrogens with one attached hydrogen (secondary N) is 1. The van der Waals surface area contributed by atoms with E-state index in [1.807, 2.05) is 21.1 Å². The van der Waals surface area contributed by atoms with Gasteiger partial charge in [0.2, 0.25) is 5.91 Å². The highest BCUT2D eigenvalue weighted by Gasteiger charge is 2.24. The molecule has 0 aromatic rings. The average Bonchev–Trinajstić information content (AvgIpc) is 3.43. The van der Waals surface area contributed by atoms with Gasteiger partial charge in [-0.05, 0) is 44.9 Å². The van der Waals surface area contributed by atoms with Crippen molar-refractivity contribution in [3.8, 4) is 0 Å². The number of aliphatic hydroxyl groups excluding tert-OH is 1. The van der Waals surface area contributed by atoms with Crippen molar-refractivity contribution in [3.05, 3.63) is 24.3 Å². The fraction of sp³-hybridized carbons (Fsp3) is 0.931. The summed E-state index contributed by atoms with van der Waals surface area (Å²) in [5.41, 5.74) is 0. The molecule has 0 spiro atoms. The zero-order chi connectivity index (χ0) is 59.1. The van der Waals surface area contributed by atoms with Crippen molar-refractivity contribution in [1.29, 1.82) is 0 Å². The van der Waals surface area contributed by atoms with Gasteiger partial charge in [0.05, 0.1) is 39.9 Å². The van der Waals surface area contributed by atoms with E-state index in [1.165, 1.54) is 308 Å². The number of rotatable bonds is 68. The quantitative estimate of drug-likeness (QED) is 0.0272. The first kappa shape index (κ1) is 80.0. The van der Waals surface area contributed by atoms with Crippen LogP contribution in [0.5, 0.6) is 0 Å². The number of unbranched alkanes of at least 4 members (excludes halogenated alkanes) is 51. The van der Waals surface area contributed by atoms with Gasteiger partial charge in [0.25, 0.3) is 7.82 Å². The zero-order valence-electron chi connectivity index (χ0n) is 55.3. The number of carbonyl (C=O) groups excluding carboxylic acids is 1. The number of phosphoric ester groups is 1. The largest absolute Gasteiger partial charge is 0.756 e. The van der Waals surface area contributed by atoms with Crippen LogP contribution in [-0.4, -0.2) is 68.5 Å². The third-order valence-electron chi connectivity index (χ3n) is 16.9. The van der Waals surface area contributed by atoms with Gasteiger partial charge in [-0.2, -0.15) is 0 Å². The first-order valence-electron chi connectivity index (χ1n) is 36.2. The van der Waals surface area contributed by atoms with Crippen molar-refractivity contribution in [2.45, 2.75) is 392 Å². The molecule has 0 aliphatic carbocycles. The van der Waals surface area contributed by atoms with Crippen LogP contribution < -0.4 is 10.2 Å². The van der Waals surface area contributed by atoms with E-state index in [9.17, 15) is 19.4 Å². The Bertz CT molecular complexity index is 1370. The molecular formula is C72H143N2O6P. The summed E-state index contributed by atoms with van der Waals surface area (Å²) in [7, 11) is 1.32. The molecule has 3 unspecified atom stereocenters. The minimum absolute atomic E-state index is 0.0147. The summed E-state index contributed by atoms with van der Waals surface area (Å²) in [6.45, 7) is 4.79. The van der Waals surface area contributed by atoms with Gasteiger partial charge < -0.3 is 28.8 Å². The van der Waals surface area contributed by atoms with Gasteiger partial charge >= 0.3 is 0 Å². The lowest BCUT2D eigenvalue weighted by atomic mass is 10.0. The maximum absolute atomic E-state index is 13.1. The predicted octanol–water partition coefficient (Wildman–Crippen LogP) is 22.4. The van der Waals surface area contributed by atoms with E-state index in [2.05, 4.69) is 43.5 Å². The first-order chi connectivity index (χ1) is 39.5. The number of aliphatic hydroxyl groups is 1. The van der Waals surface area contributed by atoms with Crippen LogP contribution in [0.4, 0.5) is 0 Å². The number of amides is 1. The SMILES string of the molecule is CCCCCCCCCCCCCCC/C=C\C/C=C\CCCCCCCCCCCCCCCCCCCC(=O)NC(COP(=O)([O-])OCC[N+](C)(C)C)C(O)CCCCCCCCCCCCCCCCCCCCCCCC. The van der Waals surface area contributed by atoms with Gasteiger partial charge in [-0.25, -0.2) is 0 Å². The van der Waals surface area contributed by atoms with Crippen LogP contribution >= 0.6 is 7.82 Å². The molecule has 0 aliphatic rings. The van der Waals surface area contributed by atoms with E-state index in [0.29, 0.717) is 23.9 Å². The van der Waals surface area contributed by atoms with E-state index < -0.39 is 20.0 Å². The van der Waals surface area contributed by atoms with Crippen molar-refractivity contribution in [1.82, 2.24) is 5.32 Å². The van der Waals surface area contributed by atoms with Crippen LogP contribution in [0.25, 0.3) is 0 Å². The van der Waals surface area contributed by atoms with Crippen LogP contribution in [0, 0.1) is 0 Å². The lowest BCUT2D eigenvalue weighted by Crippen LogP contribution is -2.46. The number of nitrogens with zero attached hydrogens (tertiary/aromatic N) is 1. The van der Waals surface area contributed by atoms with Gasteiger partial charge in [0.1, 0.15) is 13.2 Å². The first-order valence-corrected chi connectivity index (χ1v) is 37.6. The minimum atomic E-state index is -4.58. The Morgan fingerprint density at radius 3 is 1.02 bits per heavy atom. The van der Waals surface area contributed by atoms with E-state index >= 15 is 0 Å². The number of allylic oxidation sites excluding steroid dienone is 4. The second-order valence-corrected chi connectivity index (χ2v) is 27.7. The lowest BCUT2D eigenvalue weighted by Gasteiger charge is -2.30. The summed E-state index contributed by atoms with van der Waals surface area (Å²) in [5.74, 6) is -0.157. The molecule has 0 aromatic carbocycles. The standard InChI is InChI=1S/C72H143N2O6P/c1-6-8-10-12-14-16-18-20-22-24-26-28-30-31-32-33-34-35-36-37-38-39-40-41-42-43-44-46-48-50-52-54-56-58-60-62-64-66-72(76)73-70(69-80-81(77,78)79-68-67-74(3,4)5)71(75)65-63-61-59-57-55-53-51-49-47-45-29-27-25-23-21-19-17-15-13-11-9-7-2/h32-33,35-36,70-71,75H,6-31,34,37-69H2,1-5H3,(H-,73,76,77,78)/b33-32-,36-35-. The lowest BCUT2D eigenvalue weighted by molar-refractivity contribution is -0.870. The molecule has 0 fully saturated rings. The van der Waals surface area contributed by atoms with Crippen molar-refractivity contribution in [2.75, 3.05) is 40.9 Å². The average molecular weight is 1160 g/mol. The fourth-order valence-electron chi connectivity index (χ4n) is 11.3. The molecule has 0 aliphatic heterocycles. The van der Waals surface area contributed by atoms with Gasteiger partial charge in [0.15, 0.2) is 0 Å². The Morgan fingerprint density at radius 1 is 0.432 bits per heavy atom. The molecule has 0 bridgehead atoms. The number of phosphoric acid groups is 1. The number of carbonyl (C=O) groups is 1. The summed E-state index contributed by atoms with van der Waals surface area (Å²) in [6.07, 6.45) is 82.7. The second kappa shape index (κ2) is 63.5. The van der Waals surface area contributed by atoms with Crippen LogP contribution in [0.15, 0.2) is 24.3 Å². The highest BCUT2D eigenvalue weighted by molar-refractivity contribution is 7.45. The summed E-state index contributed by atoms with van der Waals surface area (Å²) in [4.78, 5) is 25.7. The van der Waals surface area contributed by atoms with Crippen molar-refractivity contribution in [3.63, 3.8) is 0 Å². The van der Waals surface area contributed by atoms with E-state index in [4.69, 9.17) is 9.05 Å². The predicted molar refractivity (Wildman–Crippen MR) is 353 cm³/mol. The van der Waals surface area contributed by atoms with Crippen LogP contribution in [0.3, 0.4) is 0 Å². The Labute approximate surface area is 506 Å². The van der Waals surface area contributed by atoms with Gasteiger partial charge in [-0.15, -0.1) is 0 Å². The van der Waals surface area contributed by atoms with Gasteiger partial charge in [0, 0.05) is 6.42 Å². The van der Waals surface area contributed by atoms with Crippen molar-refractivity contribution < 1.29 is 32.9 Å². The Morgan fingerprint density at radius 2 is 0.716 bits per heavy atom. The fourth-order valence-corrected chi connectivity index (χ4v) is 12.0. The molecule has 9 heteroatoms. The molecule has 81 heavy (non-hydrogen) atoms. The van der Waals surface area contributed by atoms with Crippen LogP contribution in [-0.2, 0) is 18.4 Å². The molecule has 0 heterocycles. The van der Waals surface area contributed by atoms with E-state index in [0.717, 1.165) is 44.9 Å². The third kappa shape index (κ3) is 66.4. The molecule has 0 saturated heterocycles. The summed E-state index contributed by atoms with van der Waals surface area (Å²) in [5, 5.41) is 14.1. The van der Waals surface area contributed by atoms with Crippen LogP contribution in [0.1, 0.15) is 380 Å². The molecule has 0 aromatic heterocycles. The van der Waals surface area contributed by atoms with Crippen LogP contribution in [0.2, 0.25) is 0 Å².